The van der Waals surface area contributed by atoms with Gasteiger partial charge >= 0.3 is 0 Å². The van der Waals surface area contributed by atoms with Crippen LogP contribution in [0.15, 0.2) is 53.4 Å². The maximum atomic E-state index is 11.6. The van der Waals surface area contributed by atoms with Gasteiger partial charge in [0.1, 0.15) is 0 Å². The number of amides is 1. The van der Waals surface area contributed by atoms with Gasteiger partial charge in [-0.1, -0.05) is 6.07 Å². The Bertz CT molecular complexity index is 1170. The summed E-state index contributed by atoms with van der Waals surface area (Å²) in [6.45, 7) is 0. The summed E-state index contributed by atoms with van der Waals surface area (Å²) in [6, 6.07) is 12.3. The van der Waals surface area contributed by atoms with Crippen molar-refractivity contribution in [3.63, 3.8) is 0 Å². The Kier molecular flexibility index (Phi) is 6.09. The molecule has 0 spiro atoms. The summed E-state index contributed by atoms with van der Waals surface area (Å²) in [5, 5.41) is 11.3. The standard InChI is InChI=1S/C18H19N7O4S/c1-19-15(26)11-6-8-12(9-7-11)21-17-23-16(20-2)24-18(25-17)22-13-4-3-5-14(10-13)30(27,28)29/h3-10H,1-2H3,(H,19,26)(H,27,28,29)(H3,20,21,22,23,24,25). The van der Waals surface area contributed by atoms with Crippen molar-refractivity contribution in [1.29, 1.82) is 0 Å². The fourth-order valence-electron chi connectivity index (χ4n) is 2.44. The molecule has 11 nitrogen and oxygen atoms in total. The Labute approximate surface area is 172 Å². The zero-order valence-corrected chi connectivity index (χ0v) is 16.9. The molecular formula is C18H19N7O4S. The molecule has 1 heterocycles. The van der Waals surface area contributed by atoms with Crippen LogP contribution in [0.1, 0.15) is 10.4 Å². The molecule has 0 aliphatic rings. The minimum absolute atomic E-state index is 0.145. The Hall–Kier alpha value is -3.77. The first-order chi connectivity index (χ1) is 14.3. The average Bonchev–Trinajstić information content (AvgIpc) is 2.73. The molecular weight excluding hydrogens is 410 g/mol. The van der Waals surface area contributed by atoms with Crippen molar-refractivity contribution in [3.8, 4) is 0 Å². The Morgan fingerprint density at radius 1 is 0.867 bits per heavy atom. The van der Waals surface area contributed by atoms with E-state index in [4.69, 9.17) is 0 Å². The molecule has 30 heavy (non-hydrogen) atoms. The van der Waals surface area contributed by atoms with E-state index in [9.17, 15) is 17.8 Å². The van der Waals surface area contributed by atoms with Crippen molar-refractivity contribution >= 4 is 45.2 Å². The highest BCUT2D eigenvalue weighted by atomic mass is 32.2. The van der Waals surface area contributed by atoms with Gasteiger partial charge in [-0.2, -0.15) is 23.4 Å². The summed E-state index contributed by atoms with van der Waals surface area (Å²) in [5.41, 5.74) is 1.52. The lowest BCUT2D eigenvalue weighted by molar-refractivity contribution is 0.0963. The van der Waals surface area contributed by atoms with Gasteiger partial charge in [-0.3, -0.25) is 9.35 Å². The highest BCUT2D eigenvalue weighted by molar-refractivity contribution is 7.85. The largest absolute Gasteiger partial charge is 0.357 e. The van der Waals surface area contributed by atoms with Crippen molar-refractivity contribution in [1.82, 2.24) is 20.3 Å². The molecule has 0 aliphatic heterocycles. The lowest BCUT2D eigenvalue weighted by Crippen LogP contribution is -2.17. The lowest BCUT2D eigenvalue weighted by Gasteiger charge is -2.11. The molecule has 0 radical (unpaired) electrons. The van der Waals surface area contributed by atoms with Crippen molar-refractivity contribution in [3.05, 3.63) is 54.1 Å². The molecule has 156 valence electrons. The molecule has 0 bridgehead atoms. The van der Waals surface area contributed by atoms with Gasteiger partial charge in [0.05, 0.1) is 4.90 Å². The lowest BCUT2D eigenvalue weighted by atomic mass is 10.2. The van der Waals surface area contributed by atoms with Crippen LogP contribution in [0, 0.1) is 0 Å². The number of benzene rings is 2. The van der Waals surface area contributed by atoms with Gasteiger partial charge < -0.3 is 21.3 Å². The van der Waals surface area contributed by atoms with Crippen LogP contribution in [0.25, 0.3) is 0 Å². The number of carbonyl (C=O) groups is 1. The van der Waals surface area contributed by atoms with Crippen LogP contribution in [0.3, 0.4) is 0 Å². The summed E-state index contributed by atoms with van der Waals surface area (Å²) in [7, 11) is -1.14. The third-order valence-electron chi connectivity index (χ3n) is 3.88. The van der Waals surface area contributed by atoms with Crippen LogP contribution < -0.4 is 21.3 Å². The number of hydrogen-bond acceptors (Lipinski definition) is 9. The fraction of sp³-hybridized carbons (Fsp3) is 0.111. The van der Waals surface area contributed by atoms with E-state index < -0.39 is 10.1 Å². The van der Waals surface area contributed by atoms with Gasteiger partial charge in [0.2, 0.25) is 17.8 Å². The van der Waals surface area contributed by atoms with E-state index >= 15 is 0 Å². The van der Waals surface area contributed by atoms with E-state index in [1.165, 1.54) is 18.2 Å². The first-order valence-electron chi connectivity index (χ1n) is 8.66. The van der Waals surface area contributed by atoms with Gasteiger partial charge in [0.25, 0.3) is 16.0 Å². The summed E-state index contributed by atoms with van der Waals surface area (Å²) in [5.74, 6) is 0.433. The first-order valence-corrected chi connectivity index (χ1v) is 10.1. The molecule has 1 aromatic heterocycles. The molecule has 2 aromatic carbocycles. The summed E-state index contributed by atoms with van der Waals surface area (Å²) in [6.07, 6.45) is 0. The maximum Gasteiger partial charge on any atom is 0.294 e. The molecule has 12 heteroatoms. The fourth-order valence-corrected chi connectivity index (χ4v) is 2.97. The number of nitrogens with one attached hydrogen (secondary N) is 4. The maximum absolute atomic E-state index is 11.6. The van der Waals surface area contributed by atoms with Gasteiger partial charge in [-0.15, -0.1) is 0 Å². The van der Waals surface area contributed by atoms with E-state index in [0.29, 0.717) is 16.9 Å². The van der Waals surface area contributed by atoms with E-state index in [2.05, 4.69) is 36.2 Å². The van der Waals surface area contributed by atoms with Crippen LogP contribution in [-0.4, -0.2) is 47.9 Å². The monoisotopic (exact) mass is 429 g/mol. The second-order valence-electron chi connectivity index (χ2n) is 5.97. The Morgan fingerprint density at radius 2 is 1.47 bits per heavy atom. The summed E-state index contributed by atoms with van der Waals surface area (Å²) in [4.78, 5) is 24.0. The van der Waals surface area contributed by atoms with Crippen molar-refractivity contribution < 1.29 is 17.8 Å². The number of carbonyl (C=O) groups excluding carboxylic acids is 1. The van der Waals surface area contributed by atoms with Crippen LogP contribution in [0.5, 0.6) is 0 Å². The molecule has 3 aromatic rings. The van der Waals surface area contributed by atoms with Crippen LogP contribution in [0.2, 0.25) is 0 Å². The third kappa shape index (κ3) is 5.18. The highest BCUT2D eigenvalue weighted by Gasteiger charge is 2.12. The number of rotatable bonds is 7. The molecule has 0 unspecified atom stereocenters. The topological polar surface area (TPSA) is 158 Å². The Balaban J connectivity index is 1.84. The predicted octanol–water partition coefficient (Wildman–Crippen LogP) is 2.01. The molecule has 0 saturated carbocycles. The zero-order chi connectivity index (χ0) is 21.7. The van der Waals surface area contributed by atoms with Gasteiger partial charge in [-0.25, -0.2) is 0 Å². The molecule has 0 saturated heterocycles. The molecule has 0 atom stereocenters. The number of aromatic nitrogens is 3. The summed E-state index contributed by atoms with van der Waals surface area (Å²) >= 11 is 0. The second-order valence-corrected chi connectivity index (χ2v) is 7.39. The molecule has 0 aliphatic carbocycles. The Morgan fingerprint density at radius 3 is 2.03 bits per heavy atom. The number of hydrogen-bond donors (Lipinski definition) is 5. The number of anilines is 5. The molecule has 1 amide bonds. The van der Waals surface area contributed by atoms with Crippen LogP contribution in [0.4, 0.5) is 29.2 Å². The quantitative estimate of drug-likeness (QED) is 0.352. The third-order valence-corrected chi connectivity index (χ3v) is 4.73. The van der Waals surface area contributed by atoms with Crippen molar-refractivity contribution in [2.75, 3.05) is 30.0 Å². The molecule has 3 rings (SSSR count). The van der Waals surface area contributed by atoms with Crippen molar-refractivity contribution in [2.45, 2.75) is 4.90 Å². The minimum atomic E-state index is -4.34. The van der Waals surface area contributed by atoms with Crippen molar-refractivity contribution in [2.24, 2.45) is 0 Å². The number of nitrogens with zero attached hydrogens (tertiary/aromatic N) is 3. The molecule has 5 N–H and O–H groups in total. The molecule has 0 fully saturated rings. The first kappa shape index (κ1) is 21.0. The van der Waals surface area contributed by atoms with Crippen LogP contribution >= 0.6 is 0 Å². The predicted molar refractivity (Wildman–Crippen MR) is 112 cm³/mol. The highest BCUT2D eigenvalue weighted by Crippen LogP contribution is 2.21. The normalized spacial score (nSPS) is 10.9. The minimum Gasteiger partial charge on any atom is -0.357 e. The van der Waals surface area contributed by atoms with E-state index in [1.54, 1.807) is 44.4 Å². The zero-order valence-electron chi connectivity index (χ0n) is 16.0. The van der Waals surface area contributed by atoms with E-state index in [1.807, 2.05) is 0 Å². The summed E-state index contributed by atoms with van der Waals surface area (Å²) < 4.78 is 31.8. The second kappa shape index (κ2) is 8.71. The van der Waals surface area contributed by atoms with E-state index in [0.717, 1.165) is 0 Å². The van der Waals surface area contributed by atoms with Crippen LogP contribution in [-0.2, 0) is 10.1 Å². The smallest absolute Gasteiger partial charge is 0.294 e. The SMILES string of the molecule is CNC(=O)c1ccc(Nc2nc(NC)nc(Nc3cccc(S(=O)(=O)O)c3)n2)cc1. The van der Waals surface area contributed by atoms with Gasteiger partial charge in [0.15, 0.2) is 0 Å². The van der Waals surface area contributed by atoms with Gasteiger partial charge in [-0.05, 0) is 42.5 Å². The average molecular weight is 429 g/mol. The van der Waals surface area contributed by atoms with E-state index in [-0.39, 0.29) is 28.6 Å². The van der Waals surface area contributed by atoms with Gasteiger partial charge in [0, 0.05) is 31.0 Å².